The fourth-order valence-electron chi connectivity index (χ4n) is 3.76. The van der Waals surface area contributed by atoms with Crippen molar-refractivity contribution in [3.8, 4) is 5.75 Å². The highest BCUT2D eigenvalue weighted by Crippen LogP contribution is 2.33. The number of ether oxygens (including phenoxy) is 2. The van der Waals surface area contributed by atoms with Crippen LogP contribution in [0.4, 0.5) is 8.78 Å². The maximum absolute atomic E-state index is 14.4. The molecular weight excluding hydrogens is 576 g/mol. The van der Waals surface area contributed by atoms with Crippen LogP contribution in [0.1, 0.15) is 49.0 Å². The standard InChI is InChI=1S/C30H32ClF2NO6S/c1-29(2,28(36)39-21-7-6-19-30(32,33)41(37,38)26-8-4-3-5-9-26)40-25-16-10-22(11-17-25)18-20-34-27(35)23-12-14-24(31)15-13-23/h3-5,8-17H,6-7,18-21H2,1-2H3,(H,34,35). The Morgan fingerprint density at radius 1 is 0.902 bits per heavy atom. The lowest BCUT2D eigenvalue weighted by atomic mass is 10.1. The van der Waals surface area contributed by atoms with Crippen LogP contribution in [-0.2, 0) is 25.8 Å². The van der Waals surface area contributed by atoms with Crippen LogP contribution in [0.2, 0.25) is 5.02 Å². The lowest BCUT2D eigenvalue weighted by Crippen LogP contribution is -2.40. The number of carbonyl (C=O) groups is 2. The summed E-state index contributed by atoms with van der Waals surface area (Å²) < 4.78 is 64.2. The zero-order valence-corrected chi connectivity index (χ0v) is 24.3. The quantitative estimate of drug-likeness (QED) is 0.172. The molecule has 0 fully saturated rings. The second kappa shape index (κ2) is 13.9. The number of hydrogen-bond donors (Lipinski definition) is 1. The van der Waals surface area contributed by atoms with Crippen molar-refractivity contribution >= 4 is 33.3 Å². The number of halogens is 3. The maximum atomic E-state index is 14.4. The van der Waals surface area contributed by atoms with E-state index in [0.717, 1.165) is 17.7 Å². The first-order valence-corrected chi connectivity index (χ1v) is 14.8. The minimum atomic E-state index is -4.81. The Hall–Kier alpha value is -3.50. The van der Waals surface area contributed by atoms with Gasteiger partial charge < -0.3 is 14.8 Å². The van der Waals surface area contributed by atoms with Gasteiger partial charge in [-0.25, -0.2) is 13.2 Å². The van der Waals surface area contributed by atoms with Crippen molar-refractivity contribution in [2.75, 3.05) is 13.2 Å². The molecule has 0 bridgehead atoms. The number of alkyl halides is 2. The van der Waals surface area contributed by atoms with Crippen molar-refractivity contribution in [3.63, 3.8) is 0 Å². The van der Waals surface area contributed by atoms with Gasteiger partial charge in [0.2, 0.25) is 9.84 Å². The van der Waals surface area contributed by atoms with E-state index < -0.39 is 38.0 Å². The Morgan fingerprint density at radius 3 is 2.17 bits per heavy atom. The molecule has 1 amide bonds. The highest BCUT2D eigenvalue weighted by Gasteiger charge is 2.45. The van der Waals surface area contributed by atoms with Crippen LogP contribution in [-0.4, -0.2) is 44.3 Å². The lowest BCUT2D eigenvalue weighted by molar-refractivity contribution is -0.159. The van der Waals surface area contributed by atoms with Gasteiger partial charge in [-0.2, -0.15) is 8.78 Å². The fraction of sp³-hybridized carbons (Fsp3) is 0.333. The largest absolute Gasteiger partial charge is 0.476 e. The molecule has 0 spiro atoms. The number of nitrogens with one attached hydrogen (secondary N) is 1. The van der Waals surface area contributed by atoms with E-state index in [1.807, 2.05) is 12.1 Å². The van der Waals surface area contributed by atoms with E-state index in [0.29, 0.717) is 29.3 Å². The summed E-state index contributed by atoms with van der Waals surface area (Å²) in [5, 5.41) is -0.542. The highest BCUT2D eigenvalue weighted by atomic mass is 35.5. The van der Waals surface area contributed by atoms with Crippen molar-refractivity contribution in [1.29, 1.82) is 0 Å². The van der Waals surface area contributed by atoms with Crippen molar-refractivity contribution < 1.29 is 36.3 Å². The first-order valence-electron chi connectivity index (χ1n) is 13.0. The van der Waals surface area contributed by atoms with E-state index in [9.17, 15) is 26.8 Å². The predicted molar refractivity (Wildman–Crippen MR) is 152 cm³/mol. The van der Waals surface area contributed by atoms with E-state index in [-0.39, 0.29) is 25.4 Å². The second-order valence-electron chi connectivity index (χ2n) is 9.82. The van der Waals surface area contributed by atoms with Gasteiger partial charge in [0.1, 0.15) is 5.75 Å². The number of amides is 1. The summed E-state index contributed by atoms with van der Waals surface area (Å²) in [7, 11) is -4.81. The summed E-state index contributed by atoms with van der Waals surface area (Å²) in [5.41, 5.74) is 0.107. The number of benzene rings is 3. The predicted octanol–water partition coefficient (Wildman–Crippen LogP) is 6.25. The van der Waals surface area contributed by atoms with E-state index in [1.165, 1.54) is 26.0 Å². The highest BCUT2D eigenvalue weighted by molar-refractivity contribution is 7.92. The molecule has 7 nitrogen and oxygen atoms in total. The molecule has 3 rings (SSSR count). The average Bonchev–Trinajstić information content (AvgIpc) is 2.94. The Kier molecular flexibility index (Phi) is 10.9. The molecule has 41 heavy (non-hydrogen) atoms. The van der Waals surface area contributed by atoms with Gasteiger partial charge in [0, 0.05) is 23.6 Å². The van der Waals surface area contributed by atoms with Crippen molar-refractivity contribution in [2.24, 2.45) is 0 Å². The van der Waals surface area contributed by atoms with E-state index in [1.54, 1.807) is 42.5 Å². The summed E-state index contributed by atoms with van der Waals surface area (Å²) in [6, 6.07) is 20.2. The van der Waals surface area contributed by atoms with Crippen molar-refractivity contribution in [3.05, 3.63) is 95.0 Å². The third-order valence-corrected chi connectivity index (χ3v) is 8.27. The third kappa shape index (κ3) is 8.99. The van der Waals surface area contributed by atoms with Crippen LogP contribution >= 0.6 is 11.6 Å². The number of esters is 1. The molecule has 0 saturated carbocycles. The summed E-state index contributed by atoms with van der Waals surface area (Å²) in [6.45, 7) is 3.31. The normalized spacial score (nSPS) is 12.0. The summed E-state index contributed by atoms with van der Waals surface area (Å²) in [6.07, 6.45) is -0.407. The fourth-order valence-corrected chi connectivity index (χ4v) is 5.16. The zero-order chi connectivity index (χ0) is 30.1. The van der Waals surface area contributed by atoms with Crippen LogP contribution < -0.4 is 10.1 Å². The first-order chi connectivity index (χ1) is 19.3. The van der Waals surface area contributed by atoms with Gasteiger partial charge in [-0.1, -0.05) is 41.9 Å². The van der Waals surface area contributed by atoms with Crippen molar-refractivity contribution in [1.82, 2.24) is 5.32 Å². The molecule has 0 aliphatic carbocycles. The molecule has 0 aliphatic heterocycles. The lowest BCUT2D eigenvalue weighted by Gasteiger charge is -2.24. The molecule has 220 valence electrons. The molecule has 0 saturated heterocycles. The topological polar surface area (TPSA) is 98.8 Å². The minimum absolute atomic E-state index is 0.0605. The second-order valence-corrected chi connectivity index (χ2v) is 12.3. The van der Waals surface area contributed by atoms with E-state index >= 15 is 0 Å². The molecule has 11 heteroatoms. The molecule has 1 N–H and O–H groups in total. The van der Waals surface area contributed by atoms with Crippen LogP contribution in [0.15, 0.2) is 83.8 Å². The summed E-state index contributed by atoms with van der Waals surface area (Å²) in [4.78, 5) is 24.3. The average molecular weight is 608 g/mol. The zero-order valence-electron chi connectivity index (χ0n) is 22.7. The van der Waals surface area contributed by atoms with Crippen molar-refractivity contribution in [2.45, 2.75) is 55.3 Å². The number of sulfone groups is 1. The number of hydrogen-bond acceptors (Lipinski definition) is 6. The SMILES string of the molecule is CC(C)(Oc1ccc(CCNC(=O)c2ccc(Cl)cc2)cc1)C(=O)OCCCCC(F)(F)S(=O)(=O)c1ccccc1. The number of carbonyl (C=O) groups excluding carboxylic acids is 2. The third-order valence-electron chi connectivity index (χ3n) is 6.14. The van der Waals surface area contributed by atoms with E-state index in [2.05, 4.69) is 5.32 Å². The van der Waals surface area contributed by atoms with Gasteiger partial charge in [0.25, 0.3) is 5.91 Å². The molecular formula is C30H32ClF2NO6S. The monoisotopic (exact) mass is 607 g/mol. The van der Waals surface area contributed by atoms with Gasteiger partial charge in [-0.3, -0.25) is 4.79 Å². The molecule has 0 radical (unpaired) electrons. The molecule has 0 unspecified atom stereocenters. The van der Waals surface area contributed by atoms with Gasteiger partial charge in [0.05, 0.1) is 11.5 Å². The molecule has 3 aromatic carbocycles. The Balaban J connectivity index is 1.39. The number of unbranched alkanes of at least 4 members (excludes halogenated alkanes) is 1. The smallest absolute Gasteiger partial charge is 0.350 e. The van der Waals surface area contributed by atoms with Gasteiger partial charge >= 0.3 is 11.2 Å². The Labute approximate surface area is 243 Å². The minimum Gasteiger partial charge on any atom is -0.476 e. The molecule has 0 aliphatic rings. The van der Waals surface area contributed by atoms with Crippen LogP contribution in [0, 0.1) is 0 Å². The summed E-state index contributed by atoms with van der Waals surface area (Å²) >= 11 is 5.84. The molecule has 3 aromatic rings. The Bertz CT molecular complexity index is 1410. The molecule has 0 atom stereocenters. The van der Waals surface area contributed by atoms with Gasteiger partial charge in [0.15, 0.2) is 5.60 Å². The van der Waals surface area contributed by atoms with Gasteiger partial charge in [-0.05, 0) is 87.2 Å². The van der Waals surface area contributed by atoms with E-state index in [4.69, 9.17) is 21.1 Å². The maximum Gasteiger partial charge on any atom is 0.350 e. The molecule has 0 aromatic heterocycles. The summed E-state index contributed by atoms with van der Waals surface area (Å²) in [5.74, 6) is -0.463. The Morgan fingerprint density at radius 2 is 1.54 bits per heavy atom. The molecule has 0 heterocycles. The van der Waals surface area contributed by atoms with Gasteiger partial charge in [-0.15, -0.1) is 0 Å². The van der Waals surface area contributed by atoms with Crippen LogP contribution in [0.3, 0.4) is 0 Å². The van der Waals surface area contributed by atoms with Crippen LogP contribution in [0.25, 0.3) is 0 Å². The first kappa shape index (κ1) is 32.0. The number of rotatable bonds is 14. The van der Waals surface area contributed by atoms with Crippen LogP contribution in [0.5, 0.6) is 5.75 Å².